The molecule has 1 aliphatic rings. The summed E-state index contributed by atoms with van der Waals surface area (Å²) in [6.45, 7) is 0.225. The number of nitrogens with two attached hydrogens (primary N) is 1. The lowest BCUT2D eigenvalue weighted by molar-refractivity contribution is -0.117. The van der Waals surface area contributed by atoms with Crippen LogP contribution in [0.25, 0.3) is 11.1 Å². The molecule has 3 rings (SSSR count). The number of para-hydroxylation sites is 1. The number of carbonyl (C=O) groups is 1. The van der Waals surface area contributed by atoms with E-state index in [4.69, 9.17) is 9.56 Å². The fourth-order valence-electron chi connectivity index (χ4n) is 2.63. The fourth-order valence-corrected chi connectivity index (χ4v) is 3.51. The highest BCUT2D eigenvalue weighted by Gasteiger charge is 2.34. The largest absolute Gasteiger partial charge is 0.417 e. The van der Waals surface area contributed by atoms with Gasteiger partial charge in [-0.1, -0.05) is 6.07 Å². The minimum Gasteiger partial charge on any atom is -0.406 e. The van der Waals surface area contributed by atoms with Gasteiger partial charge in [0, 0.05) is 18.9 Å². The molecular formula is C12H13N3O5S. The summed E-state index contributed by atoms with van der Waals surface area (Å²) in [6, 6.07) is 4.99. The number of aromatic nitrogens is 1. The molecule has 1 amide bonds. The van der Waals surface area contributed by atoms with E-state index in [1.165, 1.54) is 4.90 Å². The average Bonchev–Trinajstić information content (AvgIpc) is 2.88. The predicted octanol–water partition coefficient (Wildman–Crippen LogP) is -0.237. The van der Waals surface area contributed by atoms with E-state index in [2.05, 4.69) is 4.98 Å². The first-order valence-corrected chi connectivity index (χ1v) is 7.98. The van der Waals surface area contributed by atoms with Gasteiger partial charge < -0.3 is 9.32 Å². The lowest BCUT2D eigenvalue weighted by Crippen LogP contribution is -2.27. The first kappa shape index (κ1) is 13.8. The van der Waals surface area contributed by atoms with Gasteiger partial charge in [-0.05, 0) is 12.1 Å². The van der Waals surface area contributed by atoms with E-state index in [9.17, 15) is 18.0 Å². The van der Waals surface area contributed by atoms with Crippen molar-refractivity contribution in [3.63, 3.8) is 0 Å². The van der Waals surface area contributed by atoms with Crippen LogP contribution in [-0.2, 0) is 14.8 Å². The molecule has 21 heavy (non-hydrogen) atoms. The van der Waals surface area contributed by atoms with Gasteiger partial charge in [0.05, 0.1) is 17.0 Å². The molecule has 1 atom stereocenters. The number of anilines is 1. The summed E-state index contributed by atoms with van der Waals surface area (Å²) < 4.78 is 27.3. The van der Waals surface area contributed by atoms with Crippen molar-refractivity contribution in [1.29, 1.82) is 0 Å². The van der Waals surface area contributed by atoms with Crippen LogP contribution in [0.3, 0.4) is 0 Å². The second-order valence-electron chi connectivity index (χ2n) is 5.07. The maximum atomic E-state index is 12.1. The molecule has 1 fully saturated rings. The number of hydrogen-bond acceptors (Lipinski definition) is 5. The fraction of sp³-hybridized carbons (Fsp3) is 0.333. The Morgan fingerprint density at radius 1 is 1.38 bits per heavy atom. The first-order valence-electron chi connectivity index (χ1n) is 6.26. The number of H-pyrrole nitrogens is 1. The number of amides is 1. The second kappa shape index (κ2) is 4.71. The van der Waals surface area contributed by atoms with Crippen molar-refractivity contribution in [2.75, 3.05) is 17.2 Å². The van der Waals surface area contributed by atoms with Crippen molar-refractivity contribution >= 4 is 32.7 Å². The van der Waals surface area contributed by atoms with Crippen LogP contribution in [0.1, 0.15) is 6.42 Å². The molecule has 1 aromatic heterocycles. The van der Waals surface area contributed by atoms with E-state index >= 15 is 0 Å². The minimum absolute atomic E-state index is 0.0987. The molecule has 112 valence electrons. The number of primary sulfonamides is 1. The SMILES string of the molecule is NS(=O)(=O)CC1CC(=O)N(c2cccc3[nH]c(=O)oc23)C1. The molecule has 9 heteroatoms. The van der Waals surface area contributed by atoms with Crippen molar-refractivity contribution < 1.29 is 17.6 Å². The van der Waals surface area contributed by atoms with Crippen LogP contribution in [0.2, 0.25) is 0 Å². The molecule has 8 nitrogen and oxygen atoms in total. The van der Waals surface area contributed by atoms with Crippen LogP contribution in [0, 0.1) is 5.92 Å². The molecule has 1 aliphatic heterocycles. The monoisotopic (exact) mass is 311 g/mol. The molecule has 0 saturated carbocycles. The van der Waals surface area contributed by atoms with Crippen molar-refractivity contribution in [2.45, 2.75) is 6.42 Å². The summed E-state index contributed by atoms with van der Waals surface area (Å²) in [5.74, 6) is -1.44. The Kier molecular flexibility index (Phi) is 3.10. The summed E-state index contributed by atoms with van der Waals surface area (Å²) in [5, 5.41) is 5.02. The normalized spacial score (nSPS) is 19.6. The van der Waals surface area contributed by atoms with Gasteiger partial charge in [-0.15, -0.1) is 0 Å². The van der Waals surface area contributed by atoms with Gasteiger partial charge in [0.15, 0.2) is 5.58 Å². The Balaban J connectivity index is 1.96. The van der Waals surface area contributed by atoms with Crippen molar-refractivity contribution in [2.24, 2.45) is 11.1 Å². The summed E-state index contributed by atoms with van der Waals surface area (Å²) in [5.41, 5.74) is 1.22. The Labute approximate surface area is 119 Å². The number of aromatic amines is 1. The molecule has 3 N–H and O–H groups in total. The minimum atomic E-state index is -3.63. The number of fused-ring (bicyclic) bond motifs is 1. The van der Waals surface area contributed by atoms with Crippen LogP contribution in [-0.4, -0.2) is 31.6 Å². The smallest absolute Gasteiger partial charge is 0.406 e. The molecule has 1 saturated heterocycles. The van der Waals surface area contributed by atoms with E-state index in [0.717, 1.165) is 0 Å². The third-order valence-electron chi connectivity index (χ3n) is 3.39. The zero-order valence-electron chi connectivity index (χ0n) is 10.9. The number of benzene rings is 1. The zero-order valence-corrected chi connectivity index (χ0v) is 11.7. The van der Waals surface area contributed by atoms with E-state index in [-0.39, 0.29) is 36.1 Å². The summed E-state index contributed by atoms with van der Waals surface area (Å²) in [4.78, 5) is 27.3. The number of hydrogen-bond donors (Lipinski definition) is 2. The number of rotatable bonds is 3. The third-order valence-corrected chi connectivity index (χ3v) is 4.33. The molecule has 0 bridgehead atoms. The predicted molar refractivity (Wildman–Crippen MR) is 75.3 cm³/mol. The van der Waals surface area contributed by atoms with Crippen molar-refractivity contribution in [3.8, 4) is 0 Å². The van der Waals surface area contributed by atoms with Gasteiger partial charge in [0.25, 0.3) is 0 Å². The second-order valence-corrected chi connectivity index (χ2v) is 6.73. The number of nitrogens with one attached hydrogen (secondary N) is 1. The molecule has 2 heterocycles. The number of oxazole rings is 1. The van der Waals surface area contributed by atoms with Gasteiger partial charge in [-0.2, -0.15) is 0 Å². The van der Waals surface area contributed by atoms with Crippen molar-refractivity contribution in [3.05, 3.63) is 28.7 Å². The highest BCUT2D eigenvalue weighted by molar-refractivity contribution is 7.89. The van der Waals surface area contributed by atoms with Crippen LogP contribution < -0.4 is 15.8 Å². The highest BCUT2D eigenvalue weighted by Crippen LogP contribution is 2.30. The molecule has 0 aliphatic carbocycles. The lowest BCUT2D eigenvalue weighted by Gasteiger charge is -2.16. The highest BCUT2D eigenvalue weighted by atomic mass is 32.2. The number of carbonyl (C=O) groups excluding carboxylic acids is 1. The summed E-state index contributed by atoms with van der Waals surface area (Å²) in [6.07, 6.45) is 0.0987. The number of nitrogens with zero attached hydrogens (tertiary/aromatic N) is 1. The molecule has 1 unspecified atom stereocenters. The topological polar surface area (TPSA) is 126 Å². The van der Waals surface area contributed by atoms with Gasteiger partial charge >= 0.3 is 5.76 Å². The maximum Gasteiger partial charge on any atom is 0.417 e. The van der Waals surface area contributed by atoms with Crippen molar-refractivity contribution in [1.82, 2.24) is 4.98 Å². The van der Waals surface area contributed by atoms with Gasteiger partial charge in [-0.25, -0.2) is 18.4 Å². The Morgan fingerprint density at radius 3 is 2.86 bits per heavy atom. The molecular weight excluding hydrogens is 298 g/mol. The number of sulfonamides is 1. The molecule has 2 aromatic rings. The standard InChI is InChI=1S/C12H13N3O5S/c13-21(18,19)6-7-4-10(16)15(5-7)9-3-1-2-8-11(9)20-12(17)14-8/h1-3,7H,4-6H2,(H,14,17)(H2,13,18,19). The third kappa shape index (κ3) is 2.69. The quantitative estimate of drug-likeness (QED) is 0.809. The Hall–Kier alpha value is -2.13. The maximum absolute atomic E-state index is 12.1. The Morgan fingerprint density at radius 2 is 2.14 bits per heavy atom. The van der Waals surface area contributed by atoms with Crippen LogP contribution in [0.15, 0.2) is 27.4 Å². The van der Waals surface area contributed by atoms with E-state index < -0.39 is 15.8 Å². The van der Waals surface area contributed by atoms with E-state index in [1.54, 1.807) is 18.2 Å². The average molecular weight is 311 g/mol. The summed E-state index contributed by atoms with van der Waals surface area (Å²) >= 11 is 0. The van der Waals surface area contributed by atoms with Gasteiger partial charge in [0.1, 0.15) is 0 Å². The Bertz CT molecular complexity index is 866. The first-order chi connectivity index (χ1) is 9.83. The van der Waals surface area contributed by atoms with Gasteiger partial charge in [0.2, 0.25) is 15.9 Å². The lowest BCUT2D eigenvalue weighted by atomic mass is 10.1. The van der Waals surface area contributed by atoms with Crippen LogP contribution in [0.4, 0.5) is 5.69 Å². The van der Waals surface area contributed by atoms with E-state index in [1.807, 2.05) is 0 Å². The molecule has 0 spiro atoms. The van der Waals surface area contributed by atoms with Crippen LogP contribution >= 0.6 is 0 Å². The van der Waals surface area contributed by atoms with E-state index in [0.29, 0.717) is 11.2 Å². The molecule has 1 aromatic carbocycles. The summed E-state index contributed by atoms with van der Waals surface area (Å²) in [7, 11) is -3.63. The zero-order chi connectivity index (χ0) is 15.2. The molecule has 0 radical (unpaired) electrons. The van der Waals surface area contributed by atoms with Gasteiger partial charge in [-0.3, -0.25) is 9.78 Å². The van der Waals surface area contributed by atoms with Crippen LogP contribution in [0.5, 0.6) is 0 Å².